The molecular formula is C12H20N2O. The molecule has 3 heteroatoms. The van der Waals surface area contributed by atoms with Crippen LogP contribution in [0, 0.1) is 17.9 Å². The average Bonchev–Trinajstić information content (AvgIpc) is 2.30. The molecule has 1 aliphatic heterocycles. The molecule has 1 saturated carbocycles. The molecule has 1 heterocycles. The van der Waals surface area contributed by atoms with Gasteiger partial charge < -0.3 is 15.4 Å². The van der Waals surface area contributed by atoms with Gasteiger partial charge in [0.1, 0.15) is 0 Å². The summed E-state index contributed by atoms with van der Waals surface area (Å²) in [6.45, 7) is 3.56. The van der Waals surface area contributed by atoms with Crippen molar-refractivity contribution in [2.24, 2.45) is 11.7 Å². The molecular weight excluding hydrogens is 188 g/mol. The first kappa shape index (κ1) is 10.8. The van der Waals surface area contributed by atoms with Crippen molar-refractivity contribution < 1.29 is 4.74 Å². The number of ether oxygens (including phenoxy) is 1. The van der Waals surface area contributed by atoms with E-state index in [2.05, 4.69) is 16.9 Å². The highest BCUT2D eigenvalue weighted by Gasteiger charge is 2.16. The normalized spacial score (nSPS) is 31.9. The van der Waals surface area contributed by atoms with Crippen molar-refractivity contribution in [3.05, 3.63) is 0 Å². The Hall–Kier alpha value is -0.720. The van der Waals surface area contributed by atoms with E-state index in [-0.39, 0.29) is 0 Å². The Bertz CT molecular complexity index is 242. The highest BCUT2D eigenvalue weighted by Crippen LogP contribution is 2.22. The zero-order valence-corrected chi connectivity index (χ0v) is 9.24. The fourth-order valence-electron chi connectivity index (χ4n) is 2.12. The van der Waals surface area contributed by atoms with Crippen molar-refractivity contribution in [3.63, 3.8) is 0 Å². The van der Waals surface area contributed by atoms with Gasteiger partial charge in [0.05, 0.1) is 13.2 Å². The van der Waals surface area contributed by atoms with Gasteiger partial charge in [0.25, 0.3) is 0 Å². The molecule has 0 atom stereocenters. The van der Waals surface area contributed by atoms with E-state index in [9.17, 15) is 0 Å². The van der Waals surface area contributed by atoms with Gasteiger partial charge in [-0.1, -0.05) is 5.92 Å². The first-order valence-corrected chi connectivity index (χ1v) is 5.94. The molecule has 1 saturated heterocycles. The lowest BCUT2D eigenvalue weighted by Crippen LogP contribution is -2.32. The second-order valence-electron chi connectivity index (χ2n) is 4.47. The van der Waals surface area contributed by atoms with E-state index in [4.69, 9.17) is 10.5 Å². The SMILES string of the molecule is NC1CCC(C#CN2CCOCC2)CC1. The second kappa shape index (κ2) is 5.39. The van der Waals surface area contributed by atoms with Crippen molar-refractivity contribution in [2.45, 2.75) is 31.7 Å². The number of morpholine rings is 1. The minimum atomic E-state index is 0.423. The molecule has 0 aromatic heterocycles. The number of hydrogen-bond donors (Lipinski definition) is 1. The molecule has 0 spiro atoms. The van der Waals surface area contributed by atoms with Gasteiger partial charge in [-0.15, -0.1) is 0 Å². The van der Waals surface area contributed by atoms with Gasteiger partial charge in [0.2, 0.25) is 0 Å². The van der Waals surface area contributed by atoms with Crippen LogP contribution in [0.3, 0.4) is 0 Å². The number of nitrogens with zero attached hydrogens (tertiary/aromatic N) is 1. The summed E-state index contributed by atoms with van der Waals surface area (Å²) in [5.74, 6) is 3.95. The summed E-state index contributed by atoms with van der Waals surface area (Å²) in [4.78, 5) is 2.18. The maximum Gasteiger partial charge on any atom is 0.0649 e. The van der Waals surface area contributed by atoms with Gasteiger partial charge in [-0.3, -0.25) is 0 Å². The van der Waals surface area contributed by atoms with E-state index in [0.717, 1.165) is 39.1 Å². The van der Waals surface area contributed by atoms with Gasteiger partial charge in [-0.05, 0) is 25.7 Å². The molecule has 2 N–H and O–H groups in total. The Morgan fingerprint density at radius 3 is 2.40 bits per heavy atom. The van der Waals surface area contributed by atoms with Gasteiger partial charge in [-0.2, -0.15) is 0 Å². The minimum Gasteiger partial charge on any atom is -0.378 e. The lowest BCUT2D eigenvalue weighted by molar-refractivity contribution is 0.0636. The van der Waals surface area contributed by atoms with Crippen molar-refractivity contribution in [1.29, 1.82) is 0 Å². The summed E-state index contributed by atoms with van der Waals surface area (Å²) in [7, 11) is 0. The van der Waals surface area contributed by atoms with Crippen LogP contribution in [-0.4, -0.2) is 37.2 Å². The summed E-state index contributed by atoms with van der Waals surface area (Å²) in [6, 6.07) is 3.69. The highest BCUT2D eigenvalue weighted by molar-refractivity contribution is 5.05. The Kier molecular flexibility index (Phi) is 3.87. The van der Waals surface area contributed by atoms with Gasteiger partial charge >= 0.3 is 0 Å². The third-order valence-electron chi connectivity index (χ3n) is 3.21. The van der Waals surface area contributed by atoms with Gasteiger partial charge in [-0.25, -0.2) is 0 Å². The Morgan fingerprint density at radius 1 is 1.07 bits per heavy atom. The van der Waals surface area contributed by atoms with Crippen molar-refractivity contribution in [1.82, 2.24) is 4.90 Å². The van der Waals surface area contributed by atoms with E-state index in [0.29, 0.717) is 12.0 Å². The van der Waals surface area contributed by atoms with E-state index >= 15 is 0 Å². The zero-order chi connectivity index (χ0) is 10.5. The predicted molar refractivity (Wildman–Crippen MR) is 60.1 cm³/mol. The van der Waals surface area contributed by atoms with E-state index in [1.54, 1.807) is 0 Å². The molecule has 2 aliphatic rings. The first-order valence-electron chi connectivity index (χ1n) is 5.94. The third kappa shape index (κ3) is 3.40. The maximum atomic E-state index is 5.86. The summed E-state index contributed by atoms with van der Waals surface area (Å²) in [5.41, 5.74) is 5.86. The summed E-state index contributed by atoms with van der Waals surface area (Å²) >= 11 is 0. The molecule has 2 fully saturated rings. The zero-order valence-electron chi connectivity index (χ0n) is 9.24. The van der Waals surface area contributed by atoms with Crippen LogP contribution in [0.5, 0.6) is 0 Å². The monoisotopic (exact) mass is 208 g/mol. The van der Waals surface area contributed by atoms with Crippen LogP contribution in [-0.2, 0) is 4.74 Å². The van der Waals surface area contributed by atoms with Gasteiger partial charge in [0, 0.05) is 31.1 Å². The topological polar surface area (TPSA) is 38.5 Å². The maximum absolute atomic E-state index is 5.86. The molecule has 2 rings (SSSR count). The standard InChI is InChI=1S/C12H20N2O/c13-12-3-1-11(2-4-12)5-6-14-7-9-15-10-8-14/h11-12H,1-4,7-10,13H2. The number of nitrogens with two attached hydrogens (primary N) is 1. The Morgan fingerprint density at radius 2 is 1.73 bits per heavy atom. The molecule has 0 aromatic carbocycles. The number of hydrogen-bond acceptors (Lipinski definition) is 3. The fourth-order valence-corrected chi connectivity index (χ4v) is 2.12. The molecule has 0 bridgehead atoms. The predicted octanol–water partition coefficient (Wildman–Crippen LogP) is 0.797. The molecule has 1 aliphatic carbocycles. The summed E-state index contributed by atoms with van der Waals surface area (Å²) in [5, 5.41) is 0. The lowest BCUT2D eigenvalue weighted by Gasteiger charge is -2.24. The molecule has 0 aromatic rings. The molecule has 0 radical (unpaired) electrons. The molecule has 0 unspecified atom stereocenters. The molecule has 3 nitrogen and oxygen atoms in total. The minimum absolute atomic E-state index is 0.423. The van der Waals surface area contributed by atoms with Crippen LogP contribution in [0.15, 0.2) is 0 Å². The summed E-state index contributed by atoms with van der Waals surface area (Å²) in [6.07, 6.45) is 4.64. The third-order valence-corrected chi connectivity index (χ3v) is 3.21. The van der Waals surface area contributed by atoms with Crippen LogP contribution < -0.4 is 5.73 Å². The average molecular weight is 208 g/mol. The Labute approximate surface area is 92.0 Å². The second-order valence-corrected chi connectivity index (χ2v) is 4.47. The molecule has 0 amide bonds. The van der Waals surface area contributed by atoms with Crippen LogP contribution in [0.4, 0.5) is 0 Å². The van der Waals surface area contributed by atoms with Crippen molar-refractivity contribution in [3.8, 4) is 12.0 Å². The van der Waals surface area contributed by atoms with E-state index in [1.807, 2.05) is 0 Å². The molecule has 15 heavy (non-hydrogen) atoms. The lowest BCUT2D eigenvalue weighted by atomic mass is 9.87. The van der Waals surface area contributed by atoms with E-state index < -0.39 is 0 Å². The van der Waals surface area contributed by atoms with Crippen LogP contribution in [0.2, 0.25) is 0 Å². The quantitative estimate of drug-likeness (QED) is 0.598. The van der Waals surface area contributed by atoms with Crippen molar-refractivity contribution >= 4 is 0 Å². The fraction of sp³-hybridized carbons (Fsp3) is 0.833. The van der Waals surface area contributed by atoms with Crippen molar-refractivity contribution in [2.75, 3.05) is 26.3 Å². The first-order chi connectivity index (χ1) is 7.34. The van der Waals surface area contributed by atoms with Crippen LogP contribution >= 0.6 is 0 Å². The Balaban J connectivity index is 1.77. The molecule has 84 valence electrons. The summed E-state index contributed by atoms with van der Waals surface area (Å²) < 4.78 is 5.28. The smallest absolute Gasteiger partial charge is 0.0649 e. The van der Waals surface area contributed by atoms with E-state index in [1.165, 1.54) is 12.8 Å². The number of rotatable bonds is 0. The highest BCUT2D eigenvalue weighted by atomic mass is 16.5. The van der Waals surface area contributed by atoms with Crippen LogP contribution in [0.25, 0.3) is 0 Å². The van der Waals surface area contributed by atoms with Gasteiger partial charge in [0.15, 0.2) is 0 Å². The largest absolute Gasteiger partial charge is 0.378 e. The van der Waals surface area contributed by atoms with Crippen LogP contribution in [0.1, 0.15) is 25.7 Å².